The smallest absolute Gasteiger partial charge is 0.1000 e. The molecule has 0 aromatic rings. The summed E-state index contributed by atoms with van der Waals surface area (Å²) in [6.07, 6.45) is 3.38. The van der Waals surface area contributed by atoms with Gasteiger partial charge in [-0.2, -0.15) is 0 Å². The van der Waals surface area contributed by atoms with Crippen LogP contribution in [0.1, 0.15) is 27.7 Å². The van der Waals surface area contributed by atoms with Gasteiger partial charge in [0, 0.05) is 5.92 Å². The summed E-state index contributed by atoms with van der Waals surface area (Å²) in [6, 6.07) is 0. The maximum Gasteiger partial charge on any atom is 0.1000 e. The summed E-state index contributed by atoms with van der Waals surface area (Å²) < 4.78 is 5.32. The second kappa shape index (κ2) is 7.10. The van der Waals surface area contributed by atoms with E-state index >= 15 is 0 Å². The van der Waals surface area contributed by atoms with Crippen LogP contribution in [0.2, 0.25) is 0 Å². The van der Waals surface area contributed by atoms with Gasteiger partial charge in [0.25, 0.3) is 0 Å². The van der Waals surface area contributed by atoms with Gasteiger partial charge in [0.05, 0.1) is 19.3 Å². The molecule has 0 saturated heterocycles. The predicted octanol–water partition coefficient (Wildman–Crippen LogP) is 2.67. The Balaban J connectivity index is 3.55. The van der Waals surface area contributed by atoms with Crippen LogP contribution >= 0.6 is 0 Å². The lowest BCUT2D eigenvalue weighted by Crippen LogP contribution is -2.26. The largest absolute Gasteiger partial charge is 0.377 e. The molecule has 13 heavy (non-hydrogen) atoms. The molecule has 0 saturated carbocycles. The van der Waals surface area contributed by atoms with Crippen molar-refractivity contribution >= 4 is 0 Å². The number of hydrogen-bond acceptors (Lipinski definition) is 1. The van der Waals surface area contributed by atoms with Gasteiger partial charge in [0.1, 0.15) is 0 Å². The monoisotopic (exact) mass is 185 g/mol. The minimum absolute atomic E-state index is 0.102. The molecular weight excluding hydrogens is 164 g/mol. The van der Waals surface area contributed by atoms with E-state index in [9.17, 15) is 5.11 Å². The first kappa shape index (κ1) is 12.7. The fraction of sp³-hybridized carbons (Fsp3) is 0.818. The molecule has 0 heterocycles. The van der Waals surface area contributed by atoms with E-state index in [-0.39, 0.29) is 11.8 Å². The number of hydrogen-bond donors (Lipinski definition) is 0. The van der Waals surface area contributed by atoms with E-state index in [2.05, 4.69) is 0 Å². The van der Waals surface area contributed by atoms with Crippen LogP contribution in [0, 0.1) is 11.8 Å². The Morgan fingerprint density at radius 1 is 1.31 bits per heavy atom. The molecule has 0 aromatic carbocycles. The van der Waals surface area contributed by atoms with Gasteiger partial charge in [-0.05, 0) is 12.8 Å². The van der Waals surface area contributed by atoms with Crippen molar-refractivity contribution in [3.8, 4) is 0 Å². The first-order chi connectivity index (χ1) is 6.09. The van der Waals surface area contributed by atoms with E-state index < -0.39 is 6.10 Å². The molecule has 0 aliphatic heterocycles. The van der Waals surface area contributed by atoms with Crippen molar-refractivity contribution in [2.24, 2.45) is 11.8 Å². The van der Waals surface area contributed by atoms with Crippen LogP contribution in [0.15, 0.2) is 12.2 Å². The maximum absolute atomic E-state index is 11.5. The molecule has 1 radical (unpaired) electrons. The normalized spacial score (nSPS) is 16.8. The summed E-state index contributed by atoms with van der Waals surface area (Å²) in [5.74, 6) is 0.297. The molecule has 2 unspecified atom stereocenters. The third-order valence-electron chi connectivity index (χ3n) is 2.05. The fourth-order valence-electron chi connectivity index (χ4n) is 1.17. The molecule has 0 spiro atoms. The van der Waals surface area contributed by atoms with E-state index in [1.807, 2.05) is 39.8 Å². The fourth-order valence-corrected chi connectivity index (χ4v) is 1.17. The minimum atomic E-state index is -0.509. The second-order valence-corrected chi connectivity index (χ2v) is 3.79. The Morgan fingerprint density at radius 3 is 2.38 bits per heavy atom. The molecule has 2 heteroatoms. The van der Waals surface area contributed by atoms with Crippen molar-refractivity contribution in [3.63, 3.8) is 0 Å². The molecular formula is C11H21O2. The molecule has 0 aliphatic rings. The highest BCUT2D eigenvalue weighted by atomic mass is 16.5. The molecule has 77 valence electrons. The van der Waals surface area contributed by atoms with Crippen LogP contribution in [-0.4, -0.2) is 19.3 Å². The van der Waals surface area contributed by atoms with Gasteiger partial charge < -0.3 is 4.74 Å². The van der Waals surface area contributed by atoms with Gasteiger partial charge >= 0.3 is 0 Å². The topological polar surface area (TPSA) is 29.1 Å². The van der Waals surface area contributed by atoms with Crippen LogP contribution in [0.5, 0.6) is 0 Å². The Hall–Kier alpha value is -0.340. The van der Waals surface area contributed by atoms with Gasteiger partial charge in [-0.15, -0.1) is 0 Å². The van der Waals surface area contributed by atoms with Gasteiger partial charge in [-0.1, -0.05) is 32.9 Å². The van der Waals surface area contributed by atoms with E-state index in [0.717, 1.165) is 0 Å². The molecule has 2 nitrogen and oxygen atoms in total. The van der Waals surface area contributed by atoms with Crippen molar-refractivity contribution in [1.29, 1.82) is 0 Å². The Morgan fingerprint density at radius 2 is 1.92 bits per heavy atom. The molecule has 0 aromatic heterocycles. The summed E-state index contributed by atoms with van der Waals surface area (Å²) in [4.78, 5) is 0. The Labute approximate surface area is 81.6 Å². The van der Waals surface area contributed by atoms with E-state index in [1.54, 1.807) is 0 Å². The summed E-state index contributed by atoms with van der Waals surface area (Å²) in [7, 11) is 0. The number of allylic oxidation sites excluding steroid dienone is 1. The second-order valence-electron chi connectivity index (χ2n) is 3.79. The third-order valence-corrected chi connectivity index (χ3v) is 2.05. The van der Waals surface area contributed by atoms with Crippen molar-refractivity contribution in [2.75, 3.05) is 13.2 Å². The molecule has 0 aliphatic carbocycles. The zero-order valence-electron chi connectivity index (χ0n) is 9.12. The van der Waals surface area contributed by atoms with Gasteiger partial charge in [-0.25, -0.2) is 5.11 Å². The lowest BCUT2D eigenvalue weighted by Gasteiger charge is -2.19. The summed E-state index contributed by atoms with van der Waals surface area (Å²) in [5.41, 5.74) is 0. The van der Waals surface area contributed by atoms with Gasteiger partial charge in [-0.3, -0.25) is 0 Å². The van der Waals surface area contributed by atoms with Gasteiger partial charge in [0.2, 0.25) is 0 Å². The van der Waals surface area contributed by atoms with Crippen LogP contribution < -0.4 is 0 Å². The Kier molecular flexibility index (Phi) is 6.92. The molecule has 0 amide bonds. The lowest BCUT2D eigenvalue weighted by molar-refractivity contribution is -0.0244. The molecule has 0 fully saturated rings. The summed E-state index contributed by atoms with van der Waals surface area (Å²) in [6.45, 7) is 9.01. The van der Waals surface area contributed by atoms with Crippen LogP contribution in [0.3, 0.4) is 0 Å². The van der Waals surface area contributed by atoms with E-state index in [4.69, 9.17) is 4.74 Å². The molecule has 0 bridgehead atoms. The quantitative estimate of drug-likeness (QED) is 0.462. The maximum atomic E-state index is 11.5. The van der Waals surface area contributed by atoms with E-state index in [1.165, 1.54) is 0 Å². The highest BCUT2D eigenvalue weighted by molar-refractivity contribution is 4.76. The van der Waals surface area contributed by atoms with Crippen LogP contribution in [0.25, 0.3) is 0 Å². The molecule has 2 atom stereocenters. The average Bonchev–Trinajstić information content (AvgIpc) is 2.10. The van der Waals surface area contributed by atoms with Crippen LogP contribution in [0.4, 0.5) is 0 Å². The standard InChI is InChI=1S/C11H21O2/c1-5-6-7-13-8-10(4)11(12)9(2)3/h5-6,9-11H,7-8H2,1-4H3. The molecule has 0 N–H and O–H groups in total. The molecule has 0 rings (SSSR count). The van der Waals surface area contributed by atoms with Crippen LogP contribution in [-0.2, 0) is 9.84 Å². The summed E-state index contributed by atoms with van der Waals surface area (Å²) in [5, 5.41) is 11.5. The minimum Gasteiger partial charge on any atom is -0.377 e. The first-order valence-corrected chi connectivity index (χ1v) is 4.94. The number of rotatable bonds is 6. The van der Waals surface area contributed by atoms with Crippen molar-refractivity contribution < 1.29 is 9.84 Å². The lowest BCUT2D eigenvalue weighted by atomic mass is 9.96. The summed E-state index contributed by atoms with van der Waals surface area (Å²) >= 11 is 0. The average molecular weight is 185 g/mol. The third kappa shape index (κ3) is 5.83. The SMILES string of the molecule is CC=CCOCC(C)C([O])C(C)C. The van der Waals surface area contributed by atoms with Gasteiger partial charge in [0.15, 0.2) is 0 Å². The highest BCUT2D eigenvalue weighted by Crippen LogP contribution is 2.13. The highest BCUT2D eigenvalue weighted by Gasteiger charge is 2.19. The number of ether oxygens (including phenoxy) is 1. The van der Waals surface area contributed by atoms with E-state index in [0.29, 0.717) is 13.2 Å². The van der Waals surface area contributed by atoms with Crippen molar-refractivity contribution in [3.05, 3.63) is 12.2 Å². The van der Waals surface area contributed by atoms with Crippen molar-refractivity contribution in [1.82, 2.24) is 0 Å². The first-order valence-electron chi connectivity index (χ1n) is 4.94. The zero-order valence-corrected chi connectivity index (χ0v) is 9.12. The zero-order chi connectivity index (χ0) is 10.3. The van der Waals surface area contributed by atoms with Crippen molar-refractivity contribution in [2.45, 2.75) is 33.8 Å². The Bertz CT molecular complexity index is 141. The predicted molar refractivity (Wildman–Crippen MR) is 54.1 cm³/mol.